The van der Waals surface area contributed by atoms with Gasteiger partial charge in [-0.1, -0.05) is 67.1 Å². The van der Waals surface area contributed by atoms with E-state index >= 15 is 0 Å². The Morgan fingerprint density at radius 3 is 2.54 bits per heavy atom. The van der Waals surface area contributed by atoms with Crippen LogP contribution in [0.2, 0.25) is 5.02 Å². The second kappa shape index (κ2) is 12.8. The molecule has 0 bridgehead atoms. The lowest BCUT2D eigenvalue weighted by Crippen LogP contribution is -2.09. The van der Waals surface area contributed by atoms with Crippen LogP contribution in [0.3, 0.4) is 0 Å². The van der Waals surface area contributed by atoms with Gasteiger partial charge < -0.3 is 14.0 Å². The molecule has 0 unspecified atom stereocenters. The molecular formula is C29H29ClN4O3. The van der Waals surface area contributed by atoms with Crippen molar-refractivity contribution >= 4 is 23.3 Å². The van der Waals surface area contributed by atoms with Crippen molar-refractivity contribution in [2.45, 2.75) is 32.7 Å². The number of carbonyl (C=O) groups is 1. The van der Waals surface area contributed by atoms with E-state index in [1.165, 1.54) is 12.7 Å². The molecule has 0 amide bonds. The van der Waals surface area contributed by atoms with Gasteiger partial charge in [-0.05, 0) is 42.2 Å². The Balaban J connectivity index is 1.82. The third-order valence-electron chi connectivity index (χ3n) is 5.94. The molecule has 4 rings (SSSR count). The summed E-state index contributed by atoms with van der Waals surface area (Å²) in [6.45, 7) is 3.02. The van der Waals surface area contributed by atoms with Crippen LogP contribution in [-0.4, -0.2) is 39.4 Å². The molecule has 0 spiro atoms. The molecule has 37 heavy (non-hydrogen) atoms. The molecule has 0 aliphatic rings. The Labute approximate surface area is 221 Å². The Kier molecular flexibility index (Phi) is 9.05. The number of halogens is 1. The van der Waals surface area contributed by atoms with E-state index in [4.69, 9.17) is 21.3 Å². The minimum atomic E-state index is -0.688. The minimum Gasteiger partial charge on any atom is -0.438 e. The largest absolute Gasteiger partial charge is 0.507 e. The number of hydrogen-bond acceptors (Lipinski definition) is 6. The number of hydrogen-bond donors (Lipinski definition) is 0. The number of ether oxygens (including phenoxy) is 2. The Morgan fingerprint density at radius 1 is 1.08 bits per heavy atom. The Hall–Kier alpha value is -3.97. The van der Waals surface area contributed by atoms with Crippen LogP contribution in [0.5, 0.6) is 0 Å². The Morgan fingerprint density at radius 2 is 1.86 bits per heavy atom. The fourth-order valence-electron chi connectivity index (χ4n) is 4.13. The van der Waals surface area contributed by atoms with Crippen molar-refractivity contribution < 1.29 is 14.3 Å². The Bertz CT molecular complexity index is 1340. The van der Waals surface area contributed by atoms with Crippen molar-refractivity contribution in [3.63, 3.8) is 0 Å². The molecule has 0 N–H and O–H groups in total. The number of aryl methyl sites for hydroxylation is 1. The summed E-state index contributed by atoms with van der Waals surface area (Å²) in [5.41, 5.74) is 5.76. The van der Waals surface area contributed by atoms with Gasteiger partial charge in [0.1, 0.15) is 12.2 Å². The molecule has 0 radical (unpaired) electrons. The van der Waals surface area contributed by atoms with E-state index in [0.29, 0.717) is 18.0 Å². The van der Waals surface area contributed by atoms with Gasteiger partial charge in [0.15, 0.2) is 0 Å². The molecule has 0 saturated carbocycles. The van der Waals surface area contributed by atoms with Gasteiger partial charge >= 0.3 is 6.16 Å². The lowest BCUT2D eigenvalue weighted by atomic mass is 10.1. The second-order valence-electron chi connectivity index (χ2n) is 8.30. The number of allylic oxidation sites excluding steroid dienone is 1. The molecule has 2 aromatic heterocycles. The first kappa shape index (κ1) is 26.1. The van der Waals surface area contributed by atoms with Crippen LogP contribution < -0.4 is 0 Å². The summed E-state index contributed by atoms with van der Waals surface area (Å²) in [4.78, 5) is 25.2. The average molecular weight is 517 g/mol. The number of imidazole rings is 1. The van der Waals surface area contributed by atoms with Crippen molar-refractivity contribution in [1.29, 1.82) is 0 Å². The summed E-state index contributed by atoms with van der Waals surface area (Å²) in [5.74, 6) is 0.857. The van der Waals surface area contributed by atoms with E-state index in [1.807, 2.05) is 48.5 Å². The summed E-state index contributed by atoms with van der Waals surface area (Å²) in [5, 5.41) is 0.663. The number of methoxy groups -OCH3 is 1. The molecule has 8 heteroatoms. The van der Waals surface area contributed by atoms with Crippen molar-refractivity contribution in [2.24, 2.45) is 0 Å². The first-order chi connectivity index (χ1) is 18.1. The topological polar surface area (TPSA) is 79.1 Å². The third kappa shape index (κ3) is 6.62. The highest BCUT2D eigenvalue weighted by atomic mass is 35.5. The second-order valence-corrected chi connectivity index (χ2v) is 8.73. The van der Waals surface area contributed by atoms with E-state index < -0.39 is 6.16 Å². The third-order valence-corrected chi connectivity index (χ3v) is 6.19. The van der Waals surface area contributed by atoms with Crippen LogP contribution in [0, 0.1) is 0 Å². The number of aromatic nitrogens is 4. The standard InChI is InChI=1S/C29H29ClN4O3/c1-3-22(10-7-19-37-29(35)36-2)28-33-26(23-11-13-24(30)14-12-23)27(25-15-17-31-20-32-25)34(28)18-16-21-8-5-4-6-9-21/h4-6,8-15,17,20H,3,7,16,18-19H2,1-2H3/b22-10+. The summed E-state index contributed by atoms with van der Waals surface area (Å²) in [6.07, 6.45) is 6.79. The predicted octanol–water partition coefficient (Wildman–Crippen LogP) is 6.87. The van der Waals surface area contributed by atoms with E-state index in [1.54, 1.807) is 12.5 Å². The minimum absolute atomic E-state index is 0.226. The van der Waals surface area contributed by atoms with Gasteiger partial charge in [-0.25, -0.2) is 19.7 Å². The van der Waals surface area contributed by atoms with Gasteiger partial charge in [0.05, 0.1) is 30.8 Å². The zero-order valence-corrected chi connectivity index (χ0v) is 21.7. The first-order valence-electron chi connectivity index (χ1n) is 12.2. The van der Waals surface area contributed by atoms with Crippen LogP contribution in [0.4, 0.5) is 4.79 Å². The van der Waals surface area contributed by atoms with Crippen LogP contribution in [-0.2, 0) is 22.4 Å². The molecule has 0 saturated heterocycles. The van der Waals surface area contributed by atoms with Crippen molar-refractivity contribution in [3.8, 4) is 22.6 Å². The molecular weight excluding hydrogens is 488 g/mol. The summed E-state index contributed by atoms with van der Waals surface area (Å²) in [6, 6.07) is 19.9. The fourth-order valence-corrected chi connectivity index (χ4v) is 4.25. The highest BCUT2D eigenvalue weighted by Gasteiger charge is 2.22. The highest BCUT2D eigenvalue weighted by Crippen LogP contribution is 2.35. The van der Waals surface area contributed by atoms with Gasteiger partial charge in [-0.3, -0.25) is 0 Å². The molecule has 4 aromatic rings. The van der Waals surface area contributed by atoms with Crippen molar-refractivity contribution in [1.82, 2.24) is 19.5 Å². The first-order valence-corrected chi connectivity index (χ1v) is 12.6. The molecule has 0 aliphatic carbocycles. The lowest BCUT2D eigenvalue weighted by molar-refractivity contribution is 0.0742. The van der Waals surface area contributed by atoms with Gasteiger partial charge in [0.2, 0.25) is 0 Å². The van der Waals surface area contributed by atoms with Gasteiger partial charge in [0.25, 0.3) is 0 Å². The van der Waals surface area contributed by atoms with Crippen LogP contribution in [0.25, 0.3) is 28.2 Å². The maximum absolute atomic E-state index is 11.4. The quantitative estimate of drug-likeness (QED) is 0.169. The fraction of sp³-hybridized carbons (Fsp3) is 0.241. The maximum atomic E-state index is 11.4. The average Bonchev–Trinajstić information content (AvgIpc) is 3.32. The van der Waals surface area contributed by atoms with Crippen LogP contribution in [0.15, 0.2) is 79.3 Å². The zero-order valence-electron chi connectivity index (χ0n) is 20.9. The zero-order chi connectivity index (χ0) is 26.0. The molecule has 0 aliphatic heterocycles. The van der Waals surface area contributed by atoms with Crippen molar-refractivity contribution in [3.05, 3.63) is 95.7 Å². The van der Waals surface area contributed by atoms with E-state index in [2.05, 4.69) is 44.4 Å². The summed E-state index contributed by atoms with van der Waals surface area (Å²) >= 11 is 6.19. The number of nitrogens with zero attached hydrogens (tertiary/aromatic N) is 4. The van der Waals surface area contributed by atoms with E-state index in [-0.39, 0.29) is 6.61 Å². The monoisotopic (exact) mass is 516 g/mol. The smallest absolute Gasteiger partial charge is 0.438 e. The molecule has 2 aromatic carbocycles. The summed E-state index contributed by atoms with van der Waals surface area (Å²) in [7, 11) is 1.30. The van der Waals surface area contributed by atoms with Gasteiger partial charge in [-0.2, -0.15) is 0 Å². The van der Waals surface area contributed by atoms with Crippen LogP contribution >= 0.6 is 11.6 Å². The molecule has 7 nitrogen and oxygen atoms in total. The van der Waals surface area contributed by atoms with Gasteiger partial charge in [-0.15, -0.1) is 0 Å². The van der Waals surface area contributed by atoms with Gasteiger partial charge in [0, 0.05) is 29.7 Å². The molecule has 190 valence electrons. The van der Waals surface area contributed by atoms with E-state index in [0.717, 1.165) is 46.9 Å². The predicted molar refractivity (Wildman–Crippen MR) is 145 cm³/mol. The highest BCUT2D eigenvalue weighted by molar-refractivity contribution is 6.30. The van der Waals surface area contributed by atoms with Crippen molar-refractivity contribution in [2.75, 3.05) is 13.7 Å². The van der Waals surface area contributed by atoms with E-state index in [9.17, 15) is 4.79 Å². The maximum Gasteiger partial charge on any atom is 0.507 e. The molecule has 2 heterocycles. The molecule has 0 fully saturated rings. The lowest BCUT2D eigenvalue weighted by Gasteiger charge is -2.14. The normalized spacial score (nSPS) is 11.4. The number of rotatable bonds is 10. The van der Waals surface area contributed by atoms with Crippen LogP contribution in [0.1, 0.15) is 31.2 Å². The number of carbonyl (C=O) groups excluding carboxylic acids is 1. The summed E-state index contributed by atoms with van der Waals surface area (Å²) < 4.78 is 11.9. The SMILES string of the molecule is CC/C(=C\CCOC(=O)OC)c1nc(-c2ccc(Cl)cc2)c(-c2ccncn2)n1CCc1ccccc1. The molecule has 0 atom stereocenters. The number of benzene rings is 2.